The van der Waals surface area contributed by atoms with Gasteiger partial charge >= 0.3 is 12.2 Å². The van der Waals surface area contributed by atoms with Gasteiger partial charge in [0.05, 0.1) is 17.2 Å². The van der Waals surface area contributed by atoms with Gasteiger partial charge in [0.2, 0.25) is 11.8 Å². The van der Waals surface area contributed by atoms with Crippen LogP contribution in [0.2, 0.25) is 0 Å². The molecule has 0 unspecified atom stereocenters. The molecule has 5 rings (SSSR count). The molecule has 2 aromatic rings. The average molecular weight is 708 g/mol. The first kappa shape index (κ1) is 34.0. The third kappa shape index (κ3) is 7.79. The maximum atomic E-state index is 13.9. The predicted molar refractivity (Wildman–Crippen MR) is 174 cm³/mol. The van der Waals surface area contributed by atoms with Gasteiger partial charge in [0.1, 0.15) is 0 Å². The van der Waals surface area contributed by atoms with Gasteiger partial charge in [0.15, 0.2) is 0 Å². The summed E-state index contributed by atoms with van der Waals surface area (Å²) in [7, 11) is 4.00. The van der Waals surface area contributed by atoms with Gasteiger partial charge in [0.25, 0.3) is 0 Å². The van der Waals surface area contributed by atoms with Crippen molar-refractivity contribution >= 4 is 45.2 Å². The number of fused-ring (bicyclic) bond motifs is 1. The number of hydrogen-bond acceptors (Lipinski definition) is 5. The molecule has 1 atom stereocenters. The molecule has 4 amide bonds. The quantitative estimate of drug-likeness (QED) is 0.384. The summed E-state index contributed by atoms with van der Waals surface area (Å²) in [6.45, 7) is 2.50. The first-order valence-electron chi connectivity index (χ1n) is 15.9. The Morgan fingerprint density at radius 1 is 1.02 bits per heavy atom. The standard InChI is InChI=1S/C33H42BrF3N6O3/c1-40(2)24-8-14-42(15-9-24)31(45)23(17-21-18-26(33(35,36)37)30(38)27(34)19-21)20-29(44)41-12-10-25(11-13-41)43-16-7-22-5-3-4-6-28(22)39-32(43)46/h3-6,18-19,23-25H,7-17,20,38H2,1-2H3,(H,39,46)/t23-/m0/s1. The molecule has 9 nitrogen and oxygen atoms in total. The zero-order valence-electron chi connectivity index (χ0n) is 26.3. The molecule has 0 aromatic heterocycles. The van der Waals surface area contributed by atoms with E-state index < -0.39 is 23.3 Å². The van der Waals surface area contributed by atoms with E-state index in [0.717, 1.165) is 36.6 Å². The van der Waals surface area contributed by atoms with Crippen LogP contribution in [-0.4, -0.2) is 96.3 Å². The number of amides is 4. The smallest absolute Gasteiger partial charge is 0.397 e. The number of para-hydroxylation sites is 1. The van der Waals surface area contributed by atoms with Crippen molar-refractivity contribution in [2.24, 2.45) is 5.92 Å². The number of nitrogens with one attached hydrogen (secondary N) is 1. The van der Waals surface area contributed by atoms with E-state index in [1.807, 2.05) is 43.3 Å². The summed E-state index contributed by atoms with van der Waals surface area (Å²) in [5.74, 6) is -1.26. The second-order valence-electron chi connectivity index (χ2n) is 12.8. The number of hydrogen-bond donors (Lipinski definition) is 2. The van der Waals surface area contributed by atoms with Crippen LogP contribution in [0.1, 0.15) is 48.8 Å². The van der Waals surface area contributed by atoms with Crippen LogP contribution in [0.4, 0.5) is 29.3 Å². The number of nitrogens with zero attached hydrogens (tertiary/aromatic N) is 4. The van der Waals surface area contributed by atoms with Crippen LogP contribution in [0.25, 0.3) is 0 Å². The molecule has 2 saturated heterocycles. The highest BCUT2D eigenvalue weighted by atomic mass is 79.9. The van der Waals surface area contributed by atoms with Crippen molar-refractivity contribution in [3.05, 3.63) is 57.6 Å². The van der Waals surface area contributed by atoms with Gasteiger partial charge in [0, 0.05) is 61.4 Å². The number of carbonyl (C=O) groups excluding carboxylic acids is 3. The highest BCUT2D eigenvalue weighted by Crippen LogP contribution is 2.39. The largest absolute Gasteiger partial charge is 0.418 e. The van der Waals surface area contributed by atoms with Gasteiger partial charge in [-0.3, -0.25) is 9.59 Å². The van der Waals surface area contributed by atoms with Crippen molar-refractivity contribution in [3.8, 4) is 0 Å². The van der Waals surface area contributed by atoms with E-state index in [2.05, 4.69) is 26.1 Å². The van der Waals surface area contributed by atoms with Gasteiger partial charge in [-0.25, -0.2) is 4.79 Å². The molecule has 3 aliphatic heterocycles. The van der Waals surface area contributed by atoms with Crippen LogP contribution in [0.3, 0.4) is 0 Å². The van der Waals surface area contributed by atoms with Crippen LogP contribution in [0.15, 0.2) is 40.9 Å². The zero-order valence-corrected chi connectivity index (χ0v) is 27.9. The number of piperidine rings is 2. The monoisotopic (exact) mass is 706 g/mol. The lowest BCUT2D eigenvalue weighted by Crippen LogP contribution is -2.51. The Kier molecular flexibility index (Phi) is 10.5. The number of alkyl halides is 3. The van der Waals surface area contributed by atoms with Crippen LogP contribution < -0.4 is 11.1 Å². The van der Waals surface area contributed by atoms with Crippen molar-refractivity contribution < 1.29 is 27.6 Å². The number of likely N-dealkylation sites (tertiary alicyclic amines) is 2. The molecule has 3 aliphatic rings. The predicted octanol–water partition coefficient (Wildman–Crippen LogP) is 5.23. The fourth-order valence-corrected chi connectivity index (χ4v) is 7.43. The summed E-state index contributed by atoms with van der Waals surface area (Å²) in [5.41, 5.74) is 6.54. The molecule has 2 fully saturated rings. The molecule has 0 saturated carbocycles. The normalized spacial score (nSPS) is 19.1. The second kappa shape index (κ2) is 14.2. The van der Waals surface area contributed by atoms with Gasteiger partial charge in [-0.05, 0) is 97.9 Å². The average Bonchev–Trinajstić information content (AvgIpc) is 3.19. The Morgan fingerprint density at radius 3 is 2.33 bits per heavy atom. The Balaban J connectivity index is 1.27. The minimum atomic E-state index is -4.66. The minimum absolute atomic E-state index is 0.0227. The van der Waals surface area contributed by atoms with Crippen molar-refractivity contribution in [3.63, 3.8) is 0 Å². The summed E-state index contributed by atoms with van der Waals surface area (Å²) >= 11 is 3.15. The highest BCUT2D eigenvalue weighted by molar-refractivity contribution is 9.10. The molecular formula is C33H42BrF3N6O3. The summed E-state index contributed by atoms with van der Waals surface area (Å²) in [6, 6.07) is 10.4. The SMILES string of the molecule is CN(C)C1CCN(C(=O)[C@H](CC(=O)N2CCC(N3CCc4ccccc4NC3=O)CC2)Cc2cc(Br)c(N)c(C(F)(F)F)c2)CC1. The fraction of sp³-hybridized carbons (Fsp3) is 0.545. The van der Waals surface area contributed by atoms with E-state index in [4.69, 9.17) is 5.73 Å². The Labute approximate surface area is 276 Å². The zero-order chi connectivity index (χ0) is 33.2. The topological polar surface area (TPSA) is 102 Å². The molecule has 13 heteroatoms. The molecule has 0 radical (unpaired) electrons. The number of anilines is 2. The second-order valence-corrected chi connectivity index (χ2v) is 13.7. The number of rotatable bonds is 7. The third-order valence-electron chi connectivity index (χ3n) is 9.65. The number of benzene rings is 2. The van der Waals surface area contributed by atoms with Gasteiger partial charge in [-0.2, -0.15) is 13.2 Å². The lowest BCUT2D eigenvalue weighted by atomic mass is 9.91. The van der Waals surface area contributed by atoms with E-state index in [0.29, 0.717) is 51.6 Å². The Hall–Kier alpha value is -3.32. The van der Waals surface area contributed by atoms with E-state index in [1.54, 1.807) is 9.80 Å². The van der Waals surface area contributed by atoms with E-state index >= 15 is 0 Å². The lowest BCUT2D eigenvalue weighted by Gasteiger charge is -2.39. The molecule has 0 aliphatic carbocycles. The number of halogens is 4. The molecule has 3 heterocycles. The lowest BCUT2D eigenvalue weighted by molar-refractivity contribution is -0.143. The number of urea groups is 1. The van der Waals surface area contributed by atoms with Crippen molar-refractivity contribution in [2.75, 3.05) is 57.9 Å². The van der Waals surface area contributed by atoms with Gasteiger partial charge in [-0.15, -0.1) is 0 Å². The van der Waals surface area contributed by atoms with Crippen molar-refractivity contribution in [1.82, 2.24) is 19.6 Å². The molecular weight excluding hydrogens is 665 g/mol. The van der Waals surface area contributed by atoms with Crippen LogP contribution >= 0.6 is 15.9 Å². The molecule has 3 N–H and O–H groups in total. The molecule has 250 valence electrons. The third-order valence-corrected chi connectivity index (χ3v) is 10.3. The highest BCUT2D eigenvalue weighted by Gasteiger charge is 2.37. The molecule has 0 bridgehead atoms. The first-order chi connectivity index (χ1) is 21.8. The van der Waals surface area contributed by atoms with Crippen LogP contribution in [0, 0.1) is 5.92 Å². The van der Waals surface area contributed by atoms with Crippen LogP contribution in [-0.2, 0) is 28.6 Å². The summed E-state index contributed by atoms with van der Waals surface area (Å²) in [4.78, 5) is 48.0. The molecule has 46 heavy (non-hydrogen) atoms. The Bertz CT molecular complexity index is 1440. The van der Waals surface area contributed by atoms with Crippen molar-refractivity contribution in [1.29, 1.82) is 0 Å². The van der Waals surface area contributed by atoms with Crippen molar-refractivity contribution in [2.45, 2.75) is 63.2 Å². The summed E-state index contributed by atoms with van der Waals surface area (Å²) < 4.78 is 41.4. The number of carbonyl (C=O) groups is 3. The number of nitrogens with two attached hydrogens (primary N) is 1. The maximum absolute atomic E-state index is 13.9. The summed E-state index contributed by atoms with van der Waals surface area (Å²) in [5, 5.41) is 3.01. The van der Waals surface area contributed by atoms with Gasteiger partial charge < -0.3 is 30.7 Å². The van der Waals surface area contributed by atoms with Gasteiger partial charge in [-0.1, -0.05) is 18.2 Å². The Morgan fingerprint density at radius 2 is 1.67 bits per heavy atom. The van der Waals surface area contributed by atoms with E-state index in [1.165, 1.54) is 6.07 Å². The first-order valence-corrected chi connectivity index (χ1v) is 16.6. The fourth-order valence-electron chi connectivity index (χ4n) is 6.92. The minimum Gasteiger partial charge on any atom is -0.397 e. The van der Waals surface area contributed by atoms with Crippen LogP contribution in [0.5, 0.6) is 0 Å². The van der Waals surface area contributed by atoms with E-state index in [-0.39, 0.29) is 46.8 Å². The number of nitrogen functional groups attached to an aromatic ring is 1. The summed E-state index contributed by atoms with van der Waals surface area (Å²) in [6.07, 6.45) is -1.28. The molecule has 2 aromatic carbocycles. The van der Waals surface area contributed by atoms with E-state index in [9.17, 15) is 27.6 Å². The maximum Gasteiger partial charge on any atom is 0.418 e. The molecule has 0 spiro atoms.